The van der Waals surface area contributed by atoms with Gasteiger partial charge < -0.3 is 15.1 Å². The van der Waals surface area contributed by atoms with Crippen LogP contribution in [0.25, 0.3) is 0 Å². The number of hydrogen-bond donors (Lipinski definition) is 2. The molecule has 0 saturated heterocycles. The van der Waals surface area contributed by atoms with Crippen molar-refractivity contribution >= 4 is 50.7 Å². The van der Waals surface area contributed by atoms with Crippen LogP contribution in [-0.2, 0) is 0 Å². The highest BCUT2D eigenvalue weighted by Crippen LogP contribution is 2.22. The fraction of sp³-hybridized carbons (Fsp3) is 0. The summed E-state index contributed by atoms with van der Waals surface area (Å²) < 4.78 is 5.79. The lowest BCUT2D eigenvalue weighted by Gasteiger charge is -2.09. The van der Waals surface area contributed by atoms with E-state index in [9.17, 15) is 9.59 Å². The van der Waals surface area contributed by atoms with Gasteiger partial charge in [-0.3, -0.25) is 9.59 Å². The van der Waals surface area contributed by atoms with E-state index in [-0.39, 0.29) is 17.6 Å². The smallest absolute Gasteiger partial charge is 0.291 e. The Morgan fingerprint density at radius 1 is 0.920 bits per heavy atom. The van der Waals surface area contributed by atoms with Crippen LogP contribution >= 0.6 is 27.5 Å². The molecule has 0 atom stereocenters. The van der Waals surface area contributed by atoms with Gasteiger partial charge in [0.1, 0.15) is 0 Å². The molecule has 0 bridgehead atoms. The molecule has 0 aliphatic carbocycles. The first-order valence-corrected chi connectivity index (χ1v) is 8.41. The topological polar surface area (TPSA) is 71.3 Å². The van der Waals surface area contributed by atoms with Gasteiger partial charge in [-0.2, -0.15) is 0 Å². The predicted octanol–water partition coefficient (Wildman–Crippen LogP) is 5.20. The van der Waals surface area contributed by atoms with E-state index >= 15 is 0 Å². The van der Waals surface area contributed by atoms with Crippen LogP contribution in [-0.4, -0.2) is 11.8 Å². The third-order valence-electron chi connectivity index (χ3n) is 3.32. The van der Waals surface area contributed by atoms with E-state index in [1.807, 2.05) is 0 Å². The molecule has 0 saturated carbocycles. The first-order chi connectivity index (χ1) is 12.0. The molecule has 0 radical (unpaired) electrons. The molecule has 7 heteroatoms. The zero-order chi connectivity index (χ0) is 17.8. The lowest BCUT2D eigenvalue weighted by atomic mass is 10.2. The number of carbonyl (C=O) groups is 2. The molecule has 0 aliphatic heterocycles. The Balaban J connectivity index is 1.67. The molecule has 3 aromatic rings. The fourth-order valence-electron chi connectivity index (χ4n) is 2.11. The predicted molar refractivity (Wildman–Crippen MR) is 100 cm³/mol. The van der Waals surface area contributed by atoms with Crippen LogP contribution in [0, 0.1) is 0 Å². The van der Waals surface area contributed by atoms with Crippen molar-refractivity contribution in [2.75, 3.05) is 10.6 Å². The average molecular weight is 420 g/mol. The minimum absolute atomic E-state index is 0.224. The molecule has 0 fully saturated rings. The van der Waals surface area contributed by atoms with Gasteiger partial charge in [0.15, 0.2) is 5.76 Å². The highest BCUT2D eigenvalue weighted by atomic mass is 79.9. The maximum atomic E-state index is 12.3. The van der Waals surface area contributed by atoms with Gasteiger partial charge in [0.05, 0.1) is 16.8 Å². The summed E-state index contributed by atoms with van der Waals surface area (Å²) in [5.74, 6) is -0.442. The van der Waals surface area contributed by atoms with Crippen molar-refractivity contribution in [3.05, 3.63) is 81.7 Å². The molecule has 5 nitrogen and oxygen atoms in total. The van der Waals surface area contributed by atoms with Crippen LogP contribution in [0.3, 0.4) is 0 Å². The Bertz CT molecular complexity index is 909. The van der Waals surface area contributed by atoms with E-state index in [0.717, 1.165) is 4.47 Å². The first-order valence-electron chi connectivity index (χ1n) is 7.24. The number of furan rings is 1. The normalized spacial score (nSPS) is 10.3. The van der Waals surface area contributed by atoms with Gasteiger partial charge in [0, 0.05) is 15.8 Å². The van der Waals surface area contributed by atoms with Crippen LogP contribution in [0.5, 0.6) is 0 Å². The zero-order valence-corrected chi connectivity index (χ0v) is 15.1. The number of benzene rings is 2. The number of amides is 2. The maximum absolute atomic E-state index is 12.3. The van der Waals surface area contributed by atoms with Gasteiger partial charge in [-0.05, 0) is 54.6 Å². The molecule has 0 spiro atoms. The Morgan fingerprint density at radius 2 is 1.56 bits per heavy atom. The number of rotatable bonds is 4. The van der Waals surface area contributed by atoms with Crippen molar-refractivity contribution in [3.63, 3.8) is 0 Å². The molecule has 126 valence electrons. The van der Waals surface area contributed by atoms with Crippen molar-refractivity contribution in [1.29, 1.82) is 0 Å². The third kappa shape index (κ3) is 4.29. The van der Waals surface area contributed by atoms with Gasteiger partial charge in [-0.1, -0.05) is 27.5 Å². The van der Waals surface area contributed by atoms with Crippen molar-refractivity contribution in [1.82, 2.24) is 0 Å². The molecular formula is C18H12BrClN2O3. The Labute approximate surface area is 157 Å². The second kappa shape index (κ2) is 7.55. The highest BCUT2D eigenvalue weighted by Gasteiger charge is 2.12. The summed E-state index contributed by atoms with van der Waals surface area (Å²) >= 11 is 9.36. The summed E-state index contributed by atoms with van der Waals surface area (Å²) in [5.41, 5.74) is 1.53. The summed E-state index contributed by atoms with van der Waals surface area (Å²) in [7, 11) is 0. The minimum atomic E-state index is -0.345. The van der Waals surface area contributed by atoms with Crippen LogP contribution in [0.15, 0.2) is 69.8 Å². The molecule has 2 aromatic carbocycles. The Hall–Kier alpha value is -2.57. The quantitative estimate of drug-likeness (QED) is 0.610. The Morgan fingerprint density at radius 3 is 2.16 bits per heavy atom. The molecular weight excluding hydrogens is 408 g/mol. The second-order valence-electron chi connectivity index (χ2n) is 5.09. The summed E-state index contributed by atoms with van der Waals surface area (Å²) in [6.45, 7) is 0. The van der Waals surface area contributed by atoms with E-state index in [1.165, 1.54) is 6.26 Å². The van der Waals surface area contributed by atoms with Gasteiger partial charge >= 0.3 is 0 Å². The SMILES string of the molecule is O=C(Nc1ccc(NC(=O)c2cc(Br)ccc2Cl)cc1)c1ccco1. The molecule has 0 unspecified atom stereocenters. The zero-order valence-electron chi connectivity index (χ0n) is 12.8. The van der Waals surface area contributed by atoms with Crippen LogP contribution in [0.2, 0.25) is 5.02 Å². The van der Waals surface area contributed by atoms with Crippen LogP contribution in [0.1, 0.15) is 20.9 Å². The van der Waals surface area contributed by atoms with Crippen molar-refractivity contribution in [2.45, 2.75) is 0 Å². The largest absolute Gasteiger partial charge is 0.459 e. The number of hydrogen-bond acceptors (Lipinski definition) is 3. The summed E-state index contributed by atoms with van der Waals surface area (Å²) in [6, 6.07) is 15.0. The Kier molecular flexibility index (Phi) is 5.21. The molecule has 1 heterocycles. The van der Waals surface area contributed by atoms with E-state index in [4.69, 9.17) is 16.0 Å². The van der Waals surface area contributed by atoms with E-state index in [2.05, 4.69) is 26.6 Å². The second-order valence-corrected chi connectivity index (χ2v) is 6.41. The van der Waals surface area contributed by atoms with Crippen molar-refractivity contribution in [2.24, 2.45) is 0 Å². The van der Waals surface area contributed by atoms with Gasteiger partial charge in [-0.15, -0.1) is 0 Å². The highest BCUT2D eigenvalue weighted by molar-refractivity contribution is 9.10. The number of nitrogens with one attached hydrogen (secondary N) is 2. The number of halogens is 2. The van der Waals surface area contributed by atoms with E-state index in [1.54, 1.807) is 54.6 Å². The number of anilines is 2. The third-order valence-corrected chi connectivity index (χ3v) is 4.14. The summed E-state index contributed by atoms with van der Waals surface area (Å²) in [5, 5.41) is 5.82. The maximum Gasteiger partial charge on any atom is 0.291 e. The molecule has 2 amide bonds. The monoisotopic (exact) mass is 418 g/mol. The van der Waals surface area contributed by atoms with Crippen LogP contribution < -0.4 is 10.6 Å². The lowest BCUT2D eigenvalue weighted by Crippen LogP contribution is -2.13. The van der Waals surface area contributed by atoms with Crippen LogP contribution in [0.4, 0.5) is 11.4 Å². The standard InChI is InChI=1S/C18H12BrClN2O3/c19-11-3-8-15(20)14(10-11)17(23)21-12-4-6-13(7-5-12)22-18(24)16-2-1-9-25-16/h1-10H,(H,21,23)(H,22,24). The summed E-state index contributed by atoms with van der Waals surface area (Å²) in [6.07, 6.45) is 1.43. The molecule has 0 aliphatic rings. The minimum Gasteiger partial charge on any atom is -0.459 e. The molecule has 2 N–H and O–H groups in total. The fourth-order valence-corrected chi connectivity index (χ4v) is 2.67. The van der Waals surface area contributed by atoms with Crippen molar-refractivity contribution in [3.8, 4) is 0 Å². The van der Waals surface area contributed by atoms with Gasteiger partial charge in [0.2, 0.25) is 0 Å². The molecule has 1 aromatic heterocycles. The summed E-state index contributed by atoms with van der Waals surface area (Å²) in [4.78, 5) is 24.2. The first kappa shape index (κ1) is 17.3. The van der Waals surface area contributed by atoms with Gasteiger partial charge in [0.25, 0.3) is 11.8 Å². The molecule has 3 rings (SSSR count). The molecule has 25 heavy (non-hydrogen) atoms. The van der Waals surface area contributed by atoms with Crippen molar-refractivity contribution < 1.29 is 14.0 Å². The number of carbonyl (C=O) groups excluding carboxylic acids is 2. The van der Waals surface area contributed by atoms with E-state index < -0.39 is 0 Å². The lowest BCUT2D eigenvalue weighted by molar-refractivity contribution is 0.0994. The van der Waals surface area contributed by atoms with E-state index in [0.29, 0.717) is 22.0 Å². The van der Waals surface area contributed by atoms with Gasteiger partial charge in [-0.25, -0.2) is 0 Å². The average Bonchev–Trinajstić information content (AvgIpc) is 3.13.